The van der Waals surface area contributed by atoms with Crippen LogP contribution in [0.15, 0.2) is 12.2 Å². The monoisotopic (exact) mass is 2130 g/mol. The molecule has 7 heterocycles. The van der Waals surface area contributed by atoms with Crippen LogP contribution < -0.4 is 26.6 Å². The molecular weight excluding hydrogens is 1960 g/mol. The summed E-state index contributed by atoms with van der Waals surface area (Å²) >= 11 is 0. The highest BCUT2D eigenvalue weighted by Gasteiger charge is 2.66. The Kier molecular flexibility index (Phi) is 55.0. The Balaban J connectivity index is 1.19. The summed E-state index contributed by atoms with van der Waals surface area (Å²) in [5, 5.41) is 298. The Labute approximate surface area is 852 Å². The summed E-state index contributed by atoms with van der Waals surface area (Å²) in [5.74, 6) is -22.0. The number of carboxylic acids is 3. The zero-order valence-electron chi connectivity index (χ0n) is 84.3. The molecule has 0 aromatic heterocycles. The lowest BCUT2D eigenvalue weighted by Crippen LogP contribution is -2.73. The molecule has 7 saturated heterocycles. The van der Waals surface area contributed by atoms with Crippen LogP contribution in [0.3, 0.4) is 0 Å². The zero-order valence-corrected chi connectivity index (χ0v) is 84.3. The van der Waals surface area contributed by atoms with E-state index in [9.17, 15) is 166 Å². The minimum Gasteiger partial charge on any atom is -0.477 e. The first-order valence-corrected chi connectivity index (χ1v) is 51.4. The molecule has 0 radical (unpaired) electrons. The number of hydrogen-bond acceptors (Lipinski definition) is 44. The molecule has 52 nitrogen and oxygen atoms in total. The highest BCUT2D eigenvalue weighted by atomic mass is 16.8. The number of aliphatic carboxylic acids is 3. The molecule has 30 N–H and O–H groups in total. The van der Waals surface area contributed by atoms with Gasteiger partial charge in [0.1, 0.15) is 153 Å². The van der Waals surface area contributed by atoms with Crippen molar-refractivity contribution in [3.05, 3.63) is 12.2 Å². The Morgan fingerprint density at radius 3 is 1.13 bits per heavy atom. The van der Waals surface area contributed by atoms with E-state index in [4.69, 9.17) is 66.3 Å². The molecule has 14 unspecified atom stereocenters. The van der Waals surface area contributed by atoms with Gasteiger partial charge in [0.05, 0.1) is 101 Å². The molecule has 0 aliphatic carbocycles. The standard InChI is InChI=1S/C95H165N5O47/c1-7-9-11-13-15-17-19-21-22-24-26-28-30-32-34-36-64(118)100-52(53(112)35-33-31-29-27-25-23-20-18-16-14-12-10-8-2)47-134-87-75(125)74(124)78(62(45-106)137-87)139-89-77(127)85(147-95(92(132)133)39-55(114)66(97-49(4)109)82(144-95)70(120)58(117)41-102)79(63(46-107)138-89)140-86-68(99-51(6)111)80(71(121)59(42-103)135-86)141-88-76(126)84(72(122)60(43-104)136-88)146-94(91(130)131)38-56(115)67(98-50(5)110)83(145-94)73(123)61(44-105)142-93(90(128)129)37-54(113)65(96-48(3)108)81(143-93)69(119)57(116)40-101/h33,35,52-63,65-89,101-107,112-117,119-127H,7-32,34,36-47H2,1-6H3,(H,96,108)(H,97,109)(H,98,110)(H,99,111)(H,100,118)(H,128,129)(H,130,131)(H,132,133)/b35-33+/t52-,53+,54?,55?,56?,57+,58+,59?,60?,61+,62?,63?,65+,66+,67+,68?,69+,70+,71-,72-,73+,74+,75?,76?,77?,78+,79-,80+,81?,82?,83?,84-,85+,86-,87+,88-,89-,93+,94-,95-/m0/s1. The summed E-state index contributed by atoms with van der Waals surface area (Å²) in [5.41, 5.74) is 0. The van der Waals surface area contributed by atoms with Crippen LogP contribution in [-0.2, 0) is 105 Å². The SMILES string of the molecule is CCCCCCCCCCCCC/C=C/[C@@H](O)[C@H](CO[C@@H]1OC(CO)[C@@H](O[C@@H]2OC(CO)[C@H](O[C@@H]3OC(CO)[C@H](O)[C@H](O[C@@H]4OC(CO)[C@H](O)[C@H](O[C@]5(C(=O)O)CC(O)[C@@H](NC(C)=O)C([C@H](O)[C@@H](CO)O[C@]6(C(=O)O)CC(O)[C@@H](NC(C)=O)C([C@H](O)[C@H](O)CO)O6)O5)C4O)C3NC(C)=O)[C@H](O[C@]3(C(=O)O)CC(O)[C@@H](NC(C)=O)C([C@H](O)[C@H](O)CO)O3)C2O)[C@H](O)C1O)NC(=O)CCCCCCCCCCCCCCCCC. The van der Waals surface area contributed by atoms with Gasteiger partial charge in [-0.3, -0.25) is 24.0 Å². The zero-order chi connectivity index (χ0) is 109. The van der Waals surface area contributed by atoms with Crippen LogP contribution in [0.25, 0.3) is 0 Å². The van der Waals surface area contributed by atoms with E-state index in [-0.39, 0.29) is 6.42 Å². The van der Waals surface area contributed by atoms with Crippen molar-refractivity contribution in [1.82, 2.24) is 26.6 Å². The molecule has 0 spiro atoms. The minimum atomic E-state index is -3.64. The molecule has 0 saturated carbocycles. The highest BCUT2D eigenvalue weighted by molar-refractivity contribution is 5.79. The summed E-state index contributed by atoms with van der Waals surface area (Å²) in [6.07, 6.45) is -47.1. The van der Waals surface area contributed by atoms with Gasteiger partial charge in [-0.1, -0.05) is 180 Å². The van der Waals surface area contributed by atoms with Crippen LogP contribution in [-0.4, -0.2) is 472 Å². The summed E-state index contributed by atoms with van der Waals surface area (Å²) in [6, 6.07) is -9.29. The third-order valence-electron chi connectivity index (χ3n) is 27.6. The lowest BCUT2D eigenvalue weighted by molar-refractivity contribution is -0.405. The van der Waals surface area contributed by atoms with Crippen molar-refractivity contribution < 1.29 is 232 Å². The van der Waals surface area contributed by atoms with Gasteiger partial charge >= 0.3 is 17.9 Å². The largest absolute Gasteiger partial charge is 0.477 e. The van der Waals surface area contributed by atoms with Crippen molar-refractivity contribution in [3.8, 4) is 0 Å². The smallest absolute Gasteiger partial charge is 0.364 e. The maximum Gasteiger partial charge on any atom is 0.364 e. The van der Waals surface area contributed by atoms with Gasteiger partial charge in [0.2, 0.25) is 29.5 Å². The van der Waals surface area contributed by atoms with Gasteiger partial charge in [-0.15, -0.1) is 0 Å². The van der Waals surface area contributed by atoms with Gasteiger partial charge in [0, 0.05) is 53.4 Å². The molecule has 7 fully saturated rings. The number of carbonyl (C=O) groups excluding carboxylic acids is 5. The average Bonchev–Trinajstić information content (AvgIpc) is 0.746. The number of carbonyl (C=O) groups is 8. The first kappa shape index (κ1) is 128. The number of carboxylic acid groups (broad SMARTS) is 3. The van der Waals surface area contributed by atoms with E-state index in [0.29, 0.717) is 12.8 Å². The van der Waals surface area contributed by atoms with Crippen molar-refractivity contribution >= 4 is 47.4 Å². The van der Waals surface area contributed by atoms with Gasteiger partial charge in [0.15, 0.2) is 25.2 Å². The van der Waals surface area contributed by atoms with E-state index in [1.165, 1.54) is 89.5 Å². The topological polar surface area (TPSA) is 832 Å². The summed E-state index contributed by atoms with van der Waals surface area (Å²) in [6.45, 7) is -2.14. The highest BCUT2D eigenvalue weighted by Crippen LogP contribution is 2.45. The molecule has 7 aliphatic heterocycles. The Morgan fingerprint density at radius 1 is 0.367 bits per heavy atom. The fourth-order valence-electron chi connectivity index (χ4n) is 19.5. The van der Waals surface area contributed by atoms with Crippen LogP contribution in [0.5, 0.6) is 0 Å². The normalized spacial score (nSPS) is 35.5. The van der Waals surface area contributed by atoms with Gasteiger partial charge in [-0.05, 0) is 19.3 Å². The maximum absolute atomic E-state index is 14.2. The number of unbranched alkanes of at least 4 members (excludes halogenated alkanes) is 25. The van der Waals surface area contributed by atoms with Gasteiger partial charge in [0.25, 0.3) is 17.4 Å². The molecule has 40 atom stereocenters. The van der Waals surface area contributed by atoms with Crippen LogP contribution in [0.4, 0.5) is 0 Å². The van der Waals surface area contributed by atoms with E-state index < -0.39 is 363 Å². The number of amides is 5. The molecule has 7 rings (SSSR count). The van der Waals surface area contributed by atoms with Crippen LogP contribution >= 0.6 is 0 Å². The van der Waals surface area contributed by atoms with E-state index in [2.05, 4.69) is 40.4 Å². The Bertz CT molecular complexity index is 3920. The maximum atomic E-state index is 14.2. The van der Waals surface area contributed by atoms with Crippen molar-refractivity contribution in [2.45, 2.75) is 484 Å². The summed E-state index contributed by atoms with van der Waals surface area (Å²) < 4.78 is 84.3. The average molecular weight is 2130 g/mol. The van der Waals surface area contributed by atoms with E-state index in [0.717, 1.165) is 105 Å². The molecule has 0 aromatic rings. The fourth-order valence-corrected chi connectivity index (χ4v) is 19.5. The fraction of sp³-hybridized carbons (Fsp3) is 0.895. The molecule has 0 aromatic carbocycles. The number of rotatable bonds is 66. The van der Waals surface area contributed by atoms with Crippen LogP contribution in [0, 0.1) is 0 Å². The predicted octanol–water partition coefficient (Wildman–Crippen LogP) is -6.69. The number of aliphatic hydroxyl groups excluding tert-OH is 22. The summed E-state index contributed by atoms with van der Waals surface area (Å²) in [4.78, 5) is 107. The number of nitrogens with one attached hydrogen (secondary N) is 5. The lowest BCUT2D eigenvalue weighted by Gasteiger charge is -2.53. The van der Waals surface area contributed by atoms with E-state index in [1.54, 1.807) is 6.08 Å². The number of aliphatic hydroxyl groups is 22. The van der Waals surface area contributed by atoms with Gasteiger partial charge in [-0.2, -0.15) is 0 Å². The first-order valence-electron chi connectivity index (χ1n) is 51.4. The second-order valence-electron chi connectivity index (χ2n) is 39.2. The third-order valence-corrected chi connectivity index (χ3v) is 27.6. The van der Waals surface area contributed by atoms with Crippen LogP contribution in [0.2, 0.25) is 0 Å². The Hall–Kier alpha value is -5.94. The number of hydrogen-bond donors (Lipinski definition) is 30. The molecule has 7 aliphatic rings. The molecule has 52 heteroatoms. The third kappa shape index (κ3) is 36.1. The summed E-state index contributed by atoms with van der Waals surface area (Å²) in [7, 11) is 0. The molecular formula is C95H165N5O47. The number of allylic oxidation sites excluding steroid dienone is 1. The van der Waals surface area contributed by atoms with Crippen LogP contribution in [0.1, 0.15) is 241 Å². The van der Waals surface area contributed by atoms with E-state index >= 15 is 0 Å². The quantitative estimate of drug-likeness (QED) is 0.0199. The van der Waals surface area contributed by atoms with Gasteiger partial charge in [-0.25, -0.2) is 14.4 Å². The lowest BCUT2D eigenvalue weighted by atomic mass is 9.87. The second kappa shape index (κ2) is 63.2. The van der Waals surface area contributed by atoms with Crippen molar-refractivity contribution in [2.75, 3.05) is 52.9 Å². The molecule has 852 valence electrons. The minimum absolute atomic E-state index is 0.0680. The van der Waals surface area contributed by atoms with Crippen molar-refractivity contribution in [1.29, 1.82) is 0 Å². The van der Waals surface area contributed by atoms with E-state index in [1.807, 2.05) is 0 Å². The number of ether oxygens (including phenoxy) is 14. The first-order chi connectivity index (χ1) is 69.9. The molecule has 0 bridgehead atoms. The second-order valence-corrected chi connectivity index (χ2v) is 39.2. The van der Waals surface area contributed by atoms with Gasteiger partial charge < -0.3 is 221 Å². The predicted molar refractivity (Wildman–Crippen MR) is 501 cm³/mol. The molecule has 147 heavy (non-hydrogen) atoms. The van der Waals surface area contributed by atoms with Crippen molar-refractivity contribution in [2.24, 2.45) is 0 Å². The Morgan fingerprint density at radius 2 is 0.714 bits per heavy atom. The molecule has 5 amide bonds. The van der Waals surface area contributed by atoms with Crippen molar-refractivity contribution in [3.63, 3.8) is 0 Å².